The van der Waals surface area contributed by atoms with E-state index in [9.17, 15) is 9.59 Å². The lowest BCUT2D eigenvalue weighted by atomic mass is 9.99. The summed E-state index contributed by atoms with van der Waals surface area (Å²) >= 11 is 0. The Hall–Kier alpha value is -2.80. The minimum Gasteiger partial charge on any atom is -0.211 e. The fourth-order valence-corrected chi connectivity index (χ4v) is 2.24. The molecule has 2 rings (SSSR count). The van der Waals surface area contributed by atoms with Crippen molar-refractivity contribution in [2.45, 2.75) is 20.3 Å². The Morgan fingerprint density at radius 3 is 2.24 bits per heavy atom. The predicted octanol–water partition coefficient (Wildman–Crippen LogP) is 3.83. The van der Waals surface area contributed by atoms with Gasteiger partial charge in [-0.2, -0.15) is 9.98 Å². The van der Waals surface area contributed by atoms with Gasteiger partial charge in [-0.1, -0.05) is 29.8 Å². The molecule has 0 saturated heterocycles. The lowest BCUT2D eigenvalue weighted by Gasteiger charge is -2.08. The highest BCUT2D eigenvalue weighted by molar-refractivity contribution is 5.58. The highest BCUT2D eigenvalue weighted by Crippen LogP contribution is 2.25. The van der Waals surface area contributed by atoms with Crippen molar-refractivity contribution in [1.82, 2.24) is 0 Å². The summed E-state index contributed by atoms with van der Waals surface area (Å²) in [4.78, 5) is 28.2. The van der Waals surface area contributed by atoms with E-state index in [0.29, 0.717) is 17.8 Å². The van der Waals surface area contributed by atoms with Crippen molar-refractivity contribution in [1.29, 1.82) is 0 Å². The van der Waals surface area contributed by atoms with Gasteiger partial charge in [-0.05, 0) is 49.1 Å². The van der Waals surface area contributed by atoms with Crippen LogP contribution in [0.1, 0.15) is 22.3 Å². The molecule has 0 aliphatic rings. The van der Waals surface area contributed by atoms with E-state index in [4.69, 9.17) is 0 Å². The minimum atomic E-state index is 0.615. The van der Waals surface area contributed by atoms with Crippen molar-refractivity contribution in [3.05, 3.63) is 58.7 Å². The third kappa shape index (κ3) is 3.61. The molecule has 21 heavy (non-hydrogen) atoms. The third-order valence-electron chi connectivity index (χ3n) is 3.22. The van der Waals surface area contributed by atoms with Crippen LogP contribution in [0.2, 0.25) is 0 Å². The SMILES string of the molecule is Cc1ccc(N=C=O)c(Cc2ccc(N=C=O)c(C)c2)c1. The molecule has 0 atom stereocenters. The van der Waals surface area contributed by atoms with E-state index in [2.05, 4.69) is 9.98 Å². The Morgan fingerprint density at radius 2 is 1.57 bits per heavy atom. The third-order valence-corrected chi connectivity index (χ3v) is 3.22. The molecule has 0 N–H and O–H groups in total. The number of aryl methyl sites for hydroxylation is 2. The molecule has 0 fully saturated rings. The van der Waals surface area contributed by atoms with Gasteiger partial charge < -0.3 is 0 Å². The summed E-state index contributed by atoms with van der Waals surface area (Å²) < 4.78 is 0. The van der Waals surface area contributed by atoms with Gasteiger partial charge in [-0.3, -0.25) is 0 Å². The number of nitrogens with zero attached hydrogens (tertiary/aromatic N) is 2. The molecule has 2 aromatic rings. The van der Waals surface area contributed by atoms with E-state index >= 15 is 0 Å². The molecule has 0 aromatic heterocycles. The summed E-state index contributed by atoms with van der Waals surface area (Å²) in [6.07, 6.45) is 3.78. The van der Waals surface area contributed by atoms with Crippen molar-refractivity contribution in [3.63, 3.8) is 0 Å². The minimum absolute atomic E-state index is 0.615. The lowest BCUT2D eigenvalue weighted by molar-refractivity contribution is 0.564. The average Bonchev–Trinajstić information content (AvgIpc) is 2.45. The quantitative estimate of drug-likeness (QED) is 0.630. The summed E-state index contributed by atoms with van der Waals surface area (Å²) in [5, 5.41) is 0. The van der Waals surface area contributed by atoms with Gasteiger partial charge in [-0.25, -0.2) is 9.59 Å². The van der Waals surface area contributed by atoms with Gasteiger partial charge in [-0.15, -0.1) is 0 Å². The van der Waals surface area contributed by atoms with Gasteiger partial charge in [0.25, 0.3) is 0 Å². The smallest absolute Gasteiger partial charge is 0.211 e. The van der Waals surface area contributed by atoms with Crippen LogP contribution in [0, 0.1) is 13.8 Å². The van der Waals surface area contributed by atoms with Crippen LogP contribution in [0.5, 0.6) is 0 Å². The van der Waals surface area contributed by atoms with Gasteiger partial charge in [0, 0.05) is 0 Å². The molecule has 4 nitrogen and oxygen atoms in total. The van der Waals surface area contributed by atoms with Crippen molar-refractivity contribution >= 4 is 23.5 Å². The Labute approximate surface area is 122 Å². The largest absolute Gasteiger partial charge is 0.240 e. The zero-order chi connectivity index (χ0) is 15.2. The van der Waals surface area contributed by atoms with E-state index in [-0.39, 0.29) is 0 Å². The lowest BCUT2D eigenvalue weighted by Crippen LogP contribution is -1.91. The summed E-state index contributed by atoms with van der Waals surface area (Å²) in [6, 6.07) is 11.4. The van der Waals surface area contributed by atoms with E-state index in [1.807, 2.05) is 44.2 Å². The highest BCUT2D eigenvalue weighted by atomic mass is 16.1. The Bertz CT molecular complexity index is 768. The van der Waals surface area contributed by atoms with Crippen molar-refractivity contribution in [2.24, 2.45) is 9.98 Å². The summed E-state index contributed by atoms with van der Waals surface area (Å²) in [5.41, 5.74) is 5.28. The van der Waals surface area contributed by atoms with E-state index < -0.39 is 0 Å². The molecular formula is C17H14N2O2. The summed E-state index contributed by atoms with van der Waals surface area (Å²) in [5.74, 6) is 0. The van der Waals surface area contributed by atoms with Crippen LogP contribution in [0.3, 0.4) is 0 Å². The topological polar surface area (TPSA) is 58.9 Å². The highest BCUT2D eigenvalue weighted by Gasteiger charge is 2.05. The zero-order valence-electron chi connectivity index (χ0n) is 11.9. The first kappa shape index (κ1) is 14.6. The zero-order valence-corrected chi connectivity index (χ0v) is 11.9. The molecular weight excluding hydrogens is 264 g/mol. The number of benzene rings is 2. The maximum absolute atomic E-state index is 10.5. The van der Waals surface area contributed by atoms with Gasteiger partial charge in [0.15, 0.2) is 0 Å². The molecule has 0 heterocycles. The first-order valence-corrected chi connectivity index (χ1v) is 6.49. The van der Waals surface area contributed by atoms with Crippen molar-refractivity contribution in [3.8, 4) is 0 Å². The molecule has 0 amide bonds. The number of hydrogen-bond acceptors (Lipinski definition) is 4. The fraction of sp³-hybridized carbons (Fsp3) is 0.176. The fourth-order valence-electron chi connectivity index (χ4n) is 2.24. The standard InChI is InChI=1S/C17H14N2O2/c1-12-3-5-17(19-11-21)15(7-12)9-14-4-6-16(18-10-20)13(2)8-14/h3-8H,9H2,1-2H3. The molecule has 0 aliphatic heterocycles. The second-order valence-electron chi connectivity index (χ2n) is 4.84. The van der Waals surface area contributed by atoms with Crippen LogP contribution in [-0.2, 0) is 16.0 Å². The van der Waals surface area contributed by atoms with Gasteiger partial charge in [0.1, 0.15) is 0 Å². The number of aliphatic imine (C=N–C) groups is 2. The Morgan fingerprint density at radius 1 is 0.905 bits per heavy atom. The molecule has 0 aliphatic carbocycles. The molecule has 104 valence electrons. The first-order chi connectivity index (χ1) is 10.1. The van der Waals surface area contributed by atoms with Crippen LogP contribution >= 0.6 is 0 Å². The number of carbonyl (C=O) groups excluding carboxylic acids is 2. The number of rotatable bonds is 4. The van der Waals surface area contributed by atoms with Gasteiger partial charge in [0.05, 0.1) is 11.4 Å². The molecule has 0 saturated carbocycles. The molecule has 0 spiro atoms. The van der Waals surface area contributed by atoms with Crippen LogP contribution < -0.4 is 0 Å². The second kappa shape index (κ2) is 6.58. The molecule has 4 heteroatoms. The van der Waals surface area contributed by atoms with Gasteiger partial charge >= 0.3 is 0 Å². The van der Waals surface area contributed by atoms with Crippen LogP contribution in [0.4, 0.5) is 11.4 Å². The number of isocyanates is 2. The Kier molecular flexibility index (Phi) is 4.57. The average molecular weight is 278 g/mol. The van der Waals surface area contributed by atoms with E-state index in [1.54, 1.807) is 18.2 Å². The molecule has 0 unspecified atom stereocenters. The van der Waals surface area contributed by atoms with Crippen LogP contribution in [0.25, 0.3) is 0 Å². The van der Waals surface area contributed by atoms with Crippen LogP contribution in [0.15, 0.2) is 46.4 Å². The maximum atomic E-state index is 10.5. The second-order valence-corrected chi connectivity index (χ2v) is 4.84. The summed E-state index contributed by atoms with van der Waals surface area (Å²) in [7, 11) is 0. The molecule has 0 bridgehead atoms. The summed E-state index contributed by atoms with van der Waals surface area (Å²) in [6.45, 7) is 3.88. The first-order valence-electron chi connectivity index (χ1n) is 6.49. The van der Waals surface area contributed by atoms with Crippen molar-refractivity contribution < 1.29 is 9.59 Å². The normalized spacial score (nSPS) is 9.62. The van der Waals surface area contributed by atoms with Crippen LogP contribution in [-0.4, -0.2) is 12.2 Å². The molecule has 2 aromatic carbocycles. The Balaban J connectivity index is 2.38. The number of hydrogen-bond donors (Lipinski definition) is 0. The maximum Gasteiger partial charge on any atom is 0.240 e. The van der Waals surface area contributed by atoms with Crippen molar-refractivity contribution in [2.75, 3.05) is 0 Å². The van der Waals surface area contributed by atoms with E-state index in [1.165, 1.54) is 0 Å². The van der Waals surface area contributed by atoms with E-state index in [0.717, 1.165) is 22.3 Å². The monoisotopic (exact) mass is 278 g/mol. The van der Waals surface area contributed by atoms with Gasteiger partial charge in [0.2, 0.25) is 12.2 Å². The predicted molar refractivity (Wildman–Crippen MR) is 80.7 cm³/mol. The molecule has 0 radical (unpaired) electrons.